The Bertz CT molecular complexity index is 1010. The molecule has 1 saturated heterocycles. The van der Waals surface area contributed by atoms with Crippen LogP contribution in [0.4, 0.5) is 10.1 Å². The molecule has 0 aromatic heterocycles. The minimum absolute atomic E-state index is 0.0735. The van der Waals surface area contributed by atoms with Crippen LogP contribution in [0.2, 0.25) is 0 Å². The normalized spacial score (nSPS) is 16.5. The molecule has 1 aliphatic heterocycles. The maximum Gasteiger partial charge on any atom is 0.337 e. The van der Waals surface area contributed by atoms with Crippen molar-refractivity contribution in [2.24, 2.45) is 5.92 Å². The maximum absolute atomic E-state index is 13.1. The third-order valence-electron chi connectivity index (χ3n) is 5.11. The van der Waals surface area contributed by atoms with Gasteiger partial charge in [-0.1, -0.05) is 0 Å². The second-order valence-corrected chi connectivity index (χ2v) is 7.60. The molecular formula is C23H21ClFNO6. The molecule has 0 radical (unpaired) electrons. The zero-order valence-electron chi connectivity index (χ0n) is 17.3. The lowest BCUT2D eigenvalue weighted by atomic mass is 10.0. The average molecular weight is 462 g/mol. The summed E-state index contributed by atoms with van der Waals surface area (Å²) in [6.07, 6.45) is -1.12. The molecule has 2 aromatic rings. The number of hydrogen-bond acceptors (Lipinski definition) is 6. The van der Waals surface area contributed by atoms with E-state index >= 15 is 0 Å². The number of halogens is 2. The first-order chi connectivity index (χ1) is 15.3. The van der Waals surface area contributed by atoms with Gasteiger partial charge in [-0.15, -0.1) is 11.6 Å². The number of methoxy groups -OCH3 is 1. The first-order valence-electron chi connectivity index (χ1n) is 9.89. The summed E-state index contributed by atoms with van der Waals surface area (Å²) in [5.41, 5.74) is 1.06. The molecule has 2 atom stereocenters. The molecule has 1 aliphatic rings. The number of esters is 2. The lowest BCUT2D eigenvalue weighted by Crippen LogP contribution is -2.32. The van der Waals surface area contributed by atoms with Gasteiger partial charge in [0.05, 0.1) is 18.6 Å². The van der Waals surface area contributed by atoms with Crippen LogP contribution in [0.5, 0.6) is 0 Å². The summed E-state index contributed by atoms with van der Waals surface area (Å²) in [6, 6.07) is 11.1. The Kier molecular flexibility index (Phi) is 7.58. The number of nitrogens with zero attached hydrogens (tertiary/aromatic N) is 1. The number of ketones is 1. The zero-order chi connectivity index (χ0) is 23.3. The van der Waals surface area contributed by atoms with Gasteiger partial charge < -0.3 is 14.4 Å². The lowest BCUT2D eigenvalue weighted by Gasteiger charge is -2.19. The number of alkyl halides is 1. The van der Waals surface area contributed by atoms with E-state index < -0.39 is 35.6 Å². The molecule has 0 aliphatic carbocycles. The summed E-state index contributed by atoms with van der Waals surface area (Å²) >= 11 is 5.77. The van der Waals surface area contributed by atoms with Crippen LogP contribution in [0.25, 0.3) is 0 Å². The summed E-state index contributed by atoms with van der Waals surface area (Å²) < 4.78 is 23.2. The Balaban J connectivity index is 1.67. The molecule has 9 heteroatoms. The molecule has 168 valence electrons. The number of carbonyl (C=O) groups excluding carboxylic acids is 4. The van der Waals surface area contributed by atoms with Gasteiger partial charge in [0.1, 0.15) is 5.82 Å². The van der Waals surface area contributed by atoms with Gasteiger partial charge in [0.15, 0.2) is 6.10 Å². The van der Waals surface area contributed by atoms with E-state index in [-0.39, 0.29) is 36.7 Å². The molecule has 1 heterocycles. The number of rotatable bonds is 8. The Morgan fingerprint density at radius 1 is 1.09 bits per heavy atom. The highest BCUT2D eigenvalue weighted by Gasteiger charge is 2.38. The van der Waals surface area contributed by atoms with Crippen LogP contribution in [0.1, 0.15) is 33.6 Å². The van der Waals surface area contributed by atoms with Crippen LogP contribution in [-0.2, 0) is 19.1 Å². The molecule has 7 nitrogen and oxygen atoms in total. The predicted octanol–water partition coefficient (Wildman–Crippen LogP) is 3.39. The molecule has 2 aromatic carbocycles. The number of hydrogen-bond donors (Lipinski definition) is 0. The van der Waals surface area contributed by atoms with E-state index in [1.807, 2.05) is 0 Å². The highest BCUT2D eigenvalue weighted by atomic mass is 35.5. The minimum atomic E-state index is -1.13. The number of amides is 1. The number of Topliss-reactive ketones (excluding diaryl/α,β-unsaturated/α-hetero) is 1. The van der Waals surface area contributed by atoms with E-state index in [4.69, 9.17) is 16.3 Å². The molecule has 3 rings (SSSR count). The predicted molar refractivity (Wildman–Crippen MR) is 114 cm³/mol. The summed E-state index contributed by atoms with van der Waals surface area (Å²) in [5, 5.41) is 0. The SMILES string of the molecule is COC(=O)c1ccc(N2C[C@H](C(=O)O[C@H](CCCl)C(=O)c3ccc(F)cc3)CC2=O)cc1. The van der Waals surface area contributed by atoms with Crippen LogP contribution in [0.3, 0.4) is 0 Å². The molecule has 0 N–H and O–H groups in total. The van der Waals surface area contributed by atoms with Crippen LogP contribution in [-0.4, -0.2) is 49.3 Å². The van der Waals surface area contributed by atoms with Crippen LogP contribution < -0.4 is 4.90 Å². The van der Waals surface area contributed by atoms with E-state index in [1.54, 1.807) is 12.1 Å². The van der Waals surface area contributed by atoms with Gasteiger partial charge in [0, 0.05) is 36.5 Å². The van der Waals surface area contributed by atoms with Gasteiger partial charge in [-0.2, -0.15) is 0 Å². The van der Waals surface area contributed by atoms with Gasteiger partial charge in [0.2, 0.25) is 11.7 Å². The van der Waals surface area contributed by atoms with Gasteiger partial charge in [-0.25, -0.2) is 9.18 Å². The molecule has 0 saturated carbocycles. The monoisotopic (exact) mass is 461 g/mol. The Morgan fingerprint density at radius 3 is 2.31 bits per heavy atom. The molecule has 32 heavy (non-hydrogen) atoms. The lowest BCUT2D eigenvalue weighted by molar-refractivity contribution is -0.151. The maximum atomic E-state index is 13.1. The fraction of sp³-hybridized carbons (Fsp3) is 0.304. The second-order valence-electron chi connectivity index (χ2n) is 7.22. The third-order valence-corrected chi connectivity index (χ3v) is 5.33. The van der Waals surface area contributed by atoms with Crippen molar-refractivity contribution in [3.05, 3.63) is 65.5 Å². The van der Waals surface area contributed by atoms with Crippen molar-refractivity contribution in [1.82, 2.24) is 0 Å². The smallest absolute Gasteiger partial charge is 0.337 e. The quantitative estimate of drug-likeness (QED) is 0.340. The Hall–Kier alpha value is -3.26. The van der Waals surface area contributed by atoms with Gasteiger partial charge in [0.25, 0.3) is 0 Å². The van der Waals surface area contributed by atoms with Crippen LogP contribution in [0.15, 0.2) is 48.5 Å². The first kappa shape index (κ1) is 23.4. The molecule has 0 unspecified atom stereocenters. The van der Waals surface area contributed by atoms with Crippen molar-refractivity contribution in [3.8, 4) is 0 Å². The van der Waals surface area contributed by atoms with E-state index in [1.165, 1.54) is 36.3 Å². The van der Waals surface area contributed by atoms with E-state index in [0.29, 0.717) is 11.3 Å². The van der Waals surface area contributed by atoms with E-state index in [9.17, 15) is 23.6 Å². The molecule has 1 fully saturated rings. The van der Waals surface area contributed by atoms with Crippen molar-refractivity contribution in [2.75, 3.05) is 24.4 Å². The number of anilines is 1. The summed E-state index contributed by atoms with van der Waals surface area (Å²) in [6.45, 7) is 0.0770. The van der Waals surface area contributed by atoms with Gasteiger partial charge in [-0.3, -0.25) is 14.4 Å². The number of benzene rings is 2. The van der Waals surface area contributed by atoms with E-state index in [2.05, 4.69) is 4.74 Å². The highest BCUT2D eigenvalue weighted by molar-refractivity contribution is 6.18. The van der Waals surface area contributed by atoms with E-state index in [0.717, 1.165) is 12.1 Å². The summed E-state index contributed by atoms with van der Waals surface area (Å²) in [7, 11) is 1.27. The minimum Gasteiger partial charge on any atom is -0.465 e. The zero-order valence-corrected chi connectivity index (χ0v) is 18.0. The molecule has 0 spiro atoms. The number of carbonyl (C=O) groups is 4. The average Bonchev–Trinajstić information content (AvgIpc) is 3.20. The largest absolute Gasteiger partial charge is 0.465 e. The fourth-order valence-electron chi connectivity index (χ4n) is 3.39. The van der Waals surface area contributed by atoms with Crippen LogP contribution in [0, 0.1) is 11.7 Å². The Labute approximate surface area is 189 Å². The summed E-state index contributed by atoms with van der Waals surface area (Å²) in [5.74, 6) is -3.12. The van der Waals surface area contributed by atoms with Crippen LogP contribution >= 0.6 is 11.6 Å². The van der Waals surface area contributed by atoms with Crippen molar-refractivity contribution in [1.29, 1.82) is 0 Å². The molecule has 1 amide bonds. The van der Waals surface area contributed by atoms with Crippen molar-refractivity contribution in [3.63, 3.8) is 0 Å². The third kappa shape index (κ3) is 5.31. The molecule has 0 bridgehead atoms. The van der Waals surface area contributed by atoms with Gasteiger partial charge in [-0.05, 0) is 48.5 Å². The number of ether oxygens (including phenoxy) is 2. The van der Waals surface area contributed by atoms with Crippen molar-refractivity contribution < 1.29 is 33.0 Å². The standard InChI is InChI=1S/C23H21ClFNO6/c1-31-22(29)15-4-8-18(9-5-15)26-13-16(12-20(26)27)23(30)32-19(10-11-24)21(28)14-2-6-17(25)7-3-14/h2-9,16,19H,10-13H2,1H3/t16-,19-/m1/s1. The highest BCUT2D eigenvalue weighted by Crippen LogP contribution is 2.27. The first-order valence-corrected chi connectivity index (χ1v) is 10.4. The van der Waals surface area contributed by atoms with Crippen molar-refractivity contribution >= 4 is 40.9 Å². The topological polar surface area (TPSA) is 90.0 Å². The second kappa shape index (κ2) is 10.4. The van der Waals surface area contributed by atoms with Gasteiger partial charge >= 0.3 is 11.9 Å². The molecular weight excluding hydrogens is 441 g/mol. The Morgan fingerprint density at radius 2 is 1.72 bits per heavy atom. The van der Waals surface area contributed by atoms with Crippen molar-refractivity contribution in [2.45, 2.75) is 18.9 Å². The summed E-state index contributed by atoms with van der Waals surface area (Å²) in [4.78, 5) is 50.8. The fourth-order valence-corrected chi connectivity index (χ4v) is 3.59.